The highest BCUT2D eigenvalue weighted by atomic mass is 32.2. The van der Waals surface area contributed by atoms with Crippen LogP contribution in [0.25, 0.3) is 5.76 Å². The van der Waals surface area contributed by atoms with Crippen molar-refractivity contribution in [1.29, 1.82) is 0 Å². The van der Waals surface area contributed by atoms with Gasteiger partial charge in [-0.3, -0.25) is 13.9 Å². The molecular weight excluding hydrogens is 390 g/mol. The lowest BCUT2D eigenvalue weighted by Crippen LogP contribution is -2.39. The maximum atomic E-state index is 13.4. The van der Waals surface area contributed by atoms with Crippen molar-refractivity contribution >= 4 is 27.5 Å². The number of esters is 1. The second-order valence-electron chi connectivity index (χ2n) is 6.75. The number of Topliss-reactive ketones (excluding diaryl/α,β-unsaturated/α-hetero) is 1. The Morgan fingerprint density at radius 1 is 0.966 bits per heavy atom. The normalized spacial score (nSPS) is 15.0. The topological polar surface area (TPSA) is 80.8 Å². The fourth-order valence-electron chi connectivity index (χ4n) is 3.29. The van der Waals surface area contributed by atoms with E-state index in [1.54, 1.807) is 48.5 Å². The SMILES string of the molecule is CCCCCN1C(C(=O)c2ccccc2)=C(OC(C)=O)c2ccccc2S1(=O)=O. The van der Waals surface area contributed by atoms with E-state index in [0.717, 1.165) is 17.1 Å². The van der Waals surface area contributed by atoms with Gasteiger partial charge in [0.25, 0.3) is 10.0 Å². The first-order chi connectivity index (χ1) is 13.9. The summed E-state index contributed by atoms with van der Waals surface area (Å²) < 4.78 is 33.3. The Bertz CT molecular complexity index is 1060. The minimum absolute atomic E-state index is 0.0201. The van der Waals surface area contributed by atoms with Crippen LogP contribution in [0.3, 0.4) is 0 Å². The Labute approximate surface area is 170 Å². The number of ketones is 1. The minimum atomic E-state index is -3.97. The van der Waals surface area contributed by atoms with Gasteiger partial charge in [-0.15, -0.1) is 0 Å². The van der Waals surface area contributed by atoms with E-state index in [1.807, 2.05) is 6.92 Å². The van der Waals surface area contributed by atoms with Crippen molar-refractivity contribution in [3.05, 3.63) is 71.4 Å². The standard InChI is InChI=1S/C22H23NO5S/c1-3-4-10-15-23-20(21(25)17-11-6-5-7-12-17)22(28-16(2)24)18-13-8-9-14-19(18)29(23,26)27/h5-9,11-14H,3-4,10,15H2,1-2H3. The molecule has 0 atom stereocenters. The maximum Gasteiger partial charge on any atom is 0.308 e. The number of fused-ring (bicyclic) bond motifs is 1. The molecule has 3 rings (SSSR count). The first-order valence-corrected chi connectivity index (χ1v) is 11.0. The van der Waals surface area contributed by atoms with E-state index in [2.05, 4.69) is 0 Å². The van der Waals surface area contributed by atoms with Crippen LogP contribution in [0.2, 0.25) is 0 Å². The molecule has 29 heavy (non-hydrogen) atoms. The van der Waals surface area contributed by atoms with Crippen LogP contribution in [0.1, 0.15) is 49.0 Å². The quantitative estimate of drug-likeness (QED) is 0.389. The largest absolute Gasteiger partial charge is 0.424 e. The smallest absolute Gasteiger partial charge is 0.308 e. The highest BCUT2D eigenvalue weighted by Crippen LogP contribution is 2.39. The second kappa shape index (κ2) is 8.61. The third kappa shape index (κ3) is 4.10. The minimum Gasteiger partial charge on any atom is -0.424 e. The van der Waals surface area contributed by atoms with Crippen molar-refractivity contribution in [2.24, 2.45) is 0 Å². The van der Waals surface area contributed by atoms with E-state index in [9.17, 15) is 18.0 Å². The maximum absolute atomic E-state index is 13.4. The summed E-state index contributed by atoms with van der Waals surface area (Å²) in [7, 11) is -3.97. The van der Waals surface area contributed by atoms with Gasteiger partial charge in [-0.05, 0) is 18.6 Å². The third-order valence-corrected chi connectivity index (χ3v) is 6.48. The number of benzene rings is 2. The molecule has 1 heterocycles. The molecule has 1 aliphatic rings. The van der Waals surface area contributed by atoms with Crippen molar-refractivity contribution in [2.75, 3.05) is 6.54 Å². The molecule has 0 spiro atoms. The number of sulfonamides is 1. The molecule has 0 aromatic heterocycles. The van der Waals surface area contributed by atoms with E-state index in [1.165, 1.54) is 13.0 Å². The summed E-state index contributed by atoms with van der Waals surface area (Å²) in [5, 5.41) is 0. The zero-order valence-corrected chi connectivity index (χ0v) is 17.2. The molecule has 0 fully saturated rings. The number of nitrogens with zero attached hydrogens (tertiary/aromatic N) is 1. The van der Waals surface area contributed by atoms with Crippen LogP contribution in [0.5, 0.6) is 0 Å². The highest BCUT2D eigenvalue weighted by Gasteiger charge is 2.41. The molecule has 0 amide bonds. The van der Waals surface area contributed by atoms with Crippen molar-refractivity contribution in [1.82, 2.24) is 4.31 Å². The van der Waals surface area contributed by atoms with Gasteiger partial charge in [0.15, 0.2) is 5.76 Å². The summed E-state index contributed by atoms with van der Waals surface area (Å²) in [6.07, 6.45) is 2.28. The predicted octanol–water partition coefficient (Wildman–Crippen LogP) is 4.00. The van der Waals surface area contributed by atoms with Crippen LogP contribution in [0, 0.1) is 0 Å². The molecule has 0 aliphatic carbocycles. The van der Waals surface area contributed by atoms with E-state index in [-0.39, 0.29) is 28.5 Å². The number of ether oxygens (including phenoxy) is 1. The Morgan fingerprint density at radius 2 is 1.62 bits per heavy atom. The third-order valence-electron chi connectivity index (χ3n) is 4.63. The molecule has 7 heteroatoms. The van der Waals surface area contributed by atoms with Crippen molar-refractivity contribution in [3.63, 3.8) is 0 Å². The lowest BCUT2D eigenvalue weighted by atomic mass is 10.0. The molecule has 0 radical (unpaired) electrons. The van der Waals surface area contributed by atoms with E-state index in [4.69, 9.17) is 4.74 Å². The molecule has 2 aromatic rings. The van der Waals surface area contributed by atoms with Crippen LogP contribution in [-0.2, 0) is 19.6 Å². The van der Waals surface area contributed by atoms with Gasteiger partial charge < -0.3 is 4.74 Å². The first-order valence-electron chi connectivity index (χ1n) is 9.52. The van der Waals surface area contributed by atoms with E-state index in [0.29, 0.717) is 12.0 Å². The number of allylic oxidation sites excluding steroid dienone is 1. The van der Waals surface area contributed by atoms with Gasteiger partial charge in [-0.2, -0.15) is 0 Å². The molecule has 6 nitrogen and oxygen atoms in total. The van der Waals surface area contributed by atoms with Crippen LogP contribution in [0.4, 0.5) is 0 Å². The zero-order chi connectivity index (χ0) is 21.0. The number of carbonyl (C=O) groups excluding carboxylic acids is 2. The van der Waals surface area contributed by atoms with Crippen LogP contribution in [0.15, 0.2) is 65.2 Å². The van der Waals surface area contributed by atoms with Crippen LogP contribution >= 0.6 is 0 Å². The van der Waals surface area contributed by atoms with Gasteiger partial charge >= 0.3 is 5.97 Å². The molecule has 0 bridgehead atoms. The van der Waals surface area contributed by atoms with Crippen molar-refractivity contribution in [3.8, 4) is 0 Å². The summed E-state index contributed by atoms with van der Waals surface area (Å²) >= 11 is 0. The Kier molecular flexibility index (Phi) is 6.17. The molecule has 2 aromatic carbocycles. The average Bonchev–Trinajstić information content (AvgIpc) is 2.71. The highest BCUT2D eigenvalue weighted by molar-refractivity contribution is 7.89. The van der Waals surface area contributed by atoms with Crippen molar-refractivity contribution in [2.45, 2.75) is 38.0 Å². The predicted molar refractivity (Wildman–Crippen MR) is 109 cm³/mol. The monoisotopic (exact) mass is 413 g/mol. The van der Waals surface area contributed by atoms with E-state index >= 15 is 0 Å². The number of hydrogen-bond acceptors (Lipinski definition) is 5. The summed E-state index contributed by atoms with van der Waals surface area (Å²) in [5.41, 5.74) is 0.414. The van der Waals surface area contributed by atoms with Gasteiger partial charge in [-0.1, -0.05) is 62.2 Å². The second-order valence-corrected chi connectivity index (χ2v) is 8.58. The molecule has 152 valence electrons. The van der Waals surface area contributed by atoms with Gasteiger partial charge in [0.1, 0.15) is 5.70 Å². The fraction of sp³-hybridized carbons (Fsp3) is 0.273. The van der Waals surface area contributed by atoms with E-state index < -0.39 is 21.8 Å². The van der Waals surface area contributed by atoms with Crippen LogP contribution in [-0.4, -0.2) is 31.0 Å². The van der Waals surface area contributed by atoms with Crippen molar-refractivity contribution < 1.29 is 22.7 Å². The fourth-order valence-corrected chi connectivity index (χ4v) is 4.99. The molecule has 0 unspecified atom stereocenters. The Morgan fingerprint density at radius 3 is 2.28 bits per heavy atom. The number of unbranched alkanes of at least 4 members (excludes halogenated alkanes) is 2. The Hall–Kier alpha value is -2.93. The lowest BCUT2D eigenvalue weighted by molar-refractivity contribution is -0.134. The zero-order valence-electron chi connectivity index (χ0n) is 16.4. The molecule has 1 aliphatic heterocycles. The molecular formula is C22H23NO5S. The van der Waals surface area contributed by atoms with Gasteiger partial charge in [0.2, 0.25) is 5.78 Å². The average molecular weight is 413 g/mol. The summed E-state index contributed by atoms with van der Waals surface area (Å²) in [5.74, 6) is -1.15. The summed E-state index contributed by atoms with van der Waals surface area (Å²) in [6.45, 7) is 3.37. The van der Waals surface area contributed by atoms with Gasteiger partial charge in [0.05, 0.1) is 4.90 Å². The first kappa shape index (κ1) is 20.8. The summed E-state index contributed by atoms with van der Waals surface area (Å²) in [6, 6.07) is 14.7. The van der Waals surface area contributed by atoms with Gasteiger partial charge in [-0.25, -0.2) is 8.42 Å². The number of rotatable bonds is 7. The van der Waals surface area contributed by atoms with Gasteiger partial charge in [0, 0.05) is 24.6 Å². The lowest BCUT2D eigenvalue weighted by Gasteiger charge is -2.32. The summed E-state index contributed by atoms with van der Waals surface area (Å²) in [4.78, 5) is 25.2. The molecule has 0 saturated heterocycles. The van der Waals surface area contributed by atoms with Crippen LogP contribution < -0.4 is 0 Å². The Balaban J connectivity index is 2.27. The number of carbonyl (C=O) groups is 2. The molecule has 0 N–H and O–H groups in total. The molecule has 0 saturated carbocycles. The number of hydrogen-bond donors (Lipinski definition) is 0.